The fourth-order valence-corrected chi connectivity index (χ4v) is 3.06. The van der Waals surface area contributed by atoms with Gasteiger partial charge < -0.3 is 5.32 Å². The van der Waals surface area contributed by atoms with E-state index >= 15 is 0 Å². The molecule has 0 radical (unpaired) electrons. The Labute approximate surface area is 155 Å². The normalized spacial score (nSPS) is 11.9. The molecule has 5 nitrogen and oxygen atoms in total. The van der Waals surface area contributed by atoms with E-state index in [0.717, 1.165) is 0 Å². The van der Waals surface area contributed by atoms with Crippen molar-refractivity contribution in [2.75, 3.05) is 12.3 Å². The highest BCUT2D eigenvalue weighted by Gasteiger charge is 2.12. The lowest BCUT2D eigenvalue weighted by Crippen LogP contribution is -2.29. The number of H-pyrrole nitrogens is 1. The number of amides is 1. The average molecular weight is 370 g/mol. The van der Waals surface area contributed by atoms with Crippen LogP contribution in [0.2, 0.25) is 0 Å². The van der Waals surface area contributed by atoms with E-state index in [1.807, 2.05) is 30.3 Å². The zero-order valence-electron chi connectivity index (χ0n) is 14.3. The third kappa shape index (κ3) is 4.70. The molecule has 0 bridgehead atoms. The first-order valence-corrected chi connectivity index (χ1v) is 9.24. The van der Waals surface area contributed by atoms with Crippen LogP contribution in [-0.2, 0) is 4.79 Å². The summed E-state index contributed by atoms with van der Waals surface area (Å²) in [6, 6.07) is 16.4. The minimum Gasteiger partial charge on any atom is -0.355 e. The highest BCUT2D eigenvalue weighted by Crippen LogP contribution is 2.21. The standard InChI is InChI=1S/C19H19FN4OS/c1-13(14-7-3-2-4-8-14)11-21-17(25)12-26-19-22-18(23-24-19)15-9-5-6-10-16(15)20/h2-10,13H,11-12H2,1H3,(H,21,25)(H,22,23,24)/t13-/m1/s1. The molecule has 134 valence electrons. The van der Waals surface area contributed by atoms with Crippen LogP contribution in [0, 0.1) is 5.82 Å². The number of hydrogen-bond acceptors (Lipinski definition) is 4. The number of nitrogens with one attached hydrogen (secondary N) is 2. The van der Waals surface area contributed by atoms with E-state index in [1.54, 1.807) is 18.2 Å². The number of aromatic amines is 1. The van der Waals surface area contributed by atoms with E-state index in [1.165, 1.54) is 23.4 Å². The summed E-state index contributed by atoms with van der Waals surface area (Å²) in [4.78, 5) is 16.3. The van der Waals surface area contributed by atoms with Crippen LogP contribution in [0.15, 0.2) is 59.8 Å². The zero-order valence-corrected chi connectivity index (χ0v) is 15.1. The van der Waals surface area contributed by atoms with Crippen molar-refractivity contribution < 1.29 is 9.18 Å². The van der Waals surface area contributed by atoms with Gasteiger partial charge in [-0.15, -0.1) is 5.10 Å². The van der Waals surface area contributed by atoms with Gasteiger partial charge in [0.05, 0.1) is 11.3 Å². The molecule has 7 heteroatoms. The third-order valence-electron chi connectivity index (χ3n) is 3.90. The molecule has 2 N–H and O–H groups in total. The molecule has 0 aliphatic carbocycles. The summed E-state index contributed by atoms with van der Waals surface area (Å²) in [5.74, 6) is 0.337. The number of halogens is 1. The largest absolute Gasteiger partial charge is 0.355 e. The van der Waals surface area contributed by atoms with Crippen LogP contribution >= 0.6 is 11.8 Å². The fraction of sp³-hybridized carbons (Fsp3) is 0.211. The van der Waals surface area contributed by atoms with E-state index in [4.69, 9.17) is 0 Å². The first kappa shape index (κ1) is 18.1. The molecule has 1 amide bonds. The van der Waals surface area contributed by atoms with Gasteiger partial charge in [0.15, 0.2) is 5.82 Å². The summed E-state index contributed by atoms with van der Waals surface area (Å²) in [5, 5.41) is 10.1. The van der Waals surface area contributed by atoms with Crippen LogP contribution in [0.5, 0.6) is 0 Å². The number of carbonyl (C=O) groups excluding carboxylic acids is 1. The van der Waals surface area contributed by atoms with Crippen LogP contribution in [0.1, 0.15) is 18.4 Å². The molecule has 3 rings (SSSR count). The van der Waals surface area contributed by atoms with Gasteiger partial charge in [0.1, 0.15) is 5.82 Å². The maximum absolute atomic E-state index is 13.8. The summed E-state index contributed by atoms with van der Waals surface area (Å²) < 4.78 is 13.8. The number of thioether (sulfide) groups is 1. The van der Waals surface area contributed by atoms with E-state index in [0.29, 0.717) is 23.1 Å². The van der Waals surface area contributed by atoms with E-state index in [9.17, 15) is 9.18 Å². The lowest BCUT2D eigenvalue weighted by molar-refractivity contribution is -0.118. The number of nitrogens with zero attached hydrogens (tertiary/aromatic N) is 2. The molecule has 0 unspecified atom stereocenters. The zero-order chi connectivity index (χ0) is 18.4. The molecule has 2 aromatic carbocycles. The number of carbonyl (C=O) groups is 1. The highest BCUT2D eigenvalue weighted by atomic mass is 32.2. The third-order valence-corrected chi connectivity index (χ3v) is 4.75. The van der Waals surface area contributed by atoms with Crippen molar-refractivity contribution >= 4 is 17.7 Å². The molecule has 1 heterocycles. The lowest BCUT2D eigenvalue weighted by Gasteiger charge is -2.12. The van der Waals surface area contributed by atoms with Crippen molar-refractivity contribution in [1.82, 2.24) is 20.5 Å². The maximum atomic E-state index is 13.8. The van der Waals surface area contributed by atoms with Crippen LogP contribution < -0.4 is 5.32 Å². The van der Waals surface area contributed by atoms with Gasteiger partial charge in [0.25, 0.3) is 0 Å². The molecule has 0 saturated carbocycles. The SMILES string of the molecule is C[C@H](CNC(=O)CSc1n[nH]c(-c2ccccc2F)n1)c1ccccc1. The molecular formula is C19H19FN4OS. The van der Waals surface area contributed by atoms with Gasteiger partial charge in [-0.3, -0.25) is 9.89 Å². The Kier molecular flexibility index (Phi) is 6.01. The van der Waals surface area contributed by atoms with Gasteiger partial charge in [0.2, 0.25) is 11.1 Å². The maximum Gasteiger partial charge on any atom is 0.230 e. The fourth-order valence-electron chi connectivity index (χ4n) is 2.43. The Morgan fingerprint density at radius 2 is 1.92 bits per heavy atom. The molecule has 0 spiro atoms. The van der Waals surface area contributed by atoms with E-state index in [2.05, 4.69) is 27.4 Å². The Balaban J connectivity index is 1.49. The first-order valence-electron chi connectivity index (χ1n) is 8.25. The van der Waals surface area contributed by atoms with Crippen LogP contribution in [0.4, 0.5) is 4.39 Å². The second-order valence-electron chi connectivity index (χ2n) is 5.85. The van der Waals surface area contributed by atoms with Gasteiger partial charge in [0, 0.05) is 6.54 Å². The summed E-state index contributed by atoms with van der Waals surface area (Å²) in [6.45, 7) is 2.64. The monoisotopic (exact) mass is 370 g/mol. The van der Waals surface area contributed by atoms with Gasteiger partial charge >= 0.3 is 0 Å². The lowest BCUT2D eigenvalue weighted by atomic mass is 10.0. The van der Waals surface area contributed by atoms with Crippen molar-refractivity contribution in [3.8, 4) is 11.4 Å². The predicted octanol–water partition coefficient (Wildman–Crippen LogP) is 3.62. The summed E-state index contributed by atoms with van der Waals surface area (Å²) in [6.07, 6.45) is 0. The van der Waals surface area contributed by atoms with Crippen LogP contribution in [0.25, 0.3) is 11.4 Å². The van der Waals surface area contributed by atoms with Crippen molar-refractivity contribution in [3.05, 3.63) is 66.0 Å². The molecule has 0 aliphatic rings. The topological polar surface area (TPSA) is 70.7 Å². The second kappa shape index (κ2) is 8.62. The van der Waals surface area contributed by atoms with Gasteiger partial charge in [-0.25, -0.2) is 9.37 Å². The summed E-state index contributed by atoms with van der Waals surface area (Å²) in [7, 11) is 0. The number of aromatic nitrogens is 3. The van der Waals surface area contributed by atoms with E-state index < -0.39 is 0 Å². The Hall–Kier alpha value is -2.67. The predicted molar refractivity (Wildman–Crippen MR) is 100 cm³/mol. The van der Waals surface area contributed by atoms with Crippen molar-refractivity contribution in [3.63, 3.8) is 0 Å². The molecule has 0 fully saturated rings. The molecular weight excluding hydrogens is 351 g/mol. The molecule has 1 atom stereocenters. The minimum atomic E-state index is -0.368. The van der Waals surface area contributed by atoms with Crippen LogP contribution in [-0.4, -0.2) is 33.4 Å². The molecule has 3 aromatic rings. The number of benzene rings is 2. The molecule has 26 heavy (non-hydrogen) atoms. The van der Waals surface area contributed by atoms with Crippen molar-refractivity contribution in [2.24, 2.45) is 0 Å². The van der Waals surface area contributed by atoms with Crippen molar-refractivity contribution in [2.45, 2.75) is 18.0 Å². The smallest absolute Gasteiger partial charge is 0.230 e. The number of rotatable bonds is 7. The molecule has 0 saturated heterocycles. The van der Waals surface area contributed by atoms with Gasteiger partial charge in [-0.1, -0.05) is 61.2 Å². The van der Waals surface area contributed by atoms with E-state index in [-0.39, 0.29) is 23.4 Å². The number of hydrogen-bond donors (Lipinski definition) is 2. The quantitative estimate of drug-likeness (QED) is 0.623. The van der Waals surface area contributed by atoms with Crippen molar-refractivity contribution in [1.29, 1.82) is 0 Å². The first-order chi connectivity index (χ1) is 12.6. The Morgan fingerprint density at radius 3 is 2.69 bits per heavy atom. The minimum absolute atomic E-state index is 0.0879. The summed E-state index contributed by atoms with van der Waals surface area (Å²) in [5.41, 5.74) is 1.54. The Bertz CT molecular complexity index is 869. The summed E-state index contributed by atoms with van der Waals surface area (Å²) >= 11 is 1.21. The van der Waals surface area contributed by atoms with Gasteiger partial charge in [-0.05, 0) is 23.6 Å². The Morgan fingerprint density at radius 1 is 1.19 bits per heavy atom. The second-order valence-corrected chi connectivity index (χ2v) is 6.79. The highest BCUT2D eigenvalue weighted by molar-refractivity contribution is 7.99. The average Bonchev–Trinajstić information content (AvgIpc) is 3.14. The molecule has 1 aromatic heterocycles. The van der Waals surface area contributed by atoms with Gasteiger partial charge in [-0.2, -0.15) is 0 Å². The molecule has 0 aliphatic heterocycles. The van der Waals surface area contributed by atoms with Crippen LogP contribution in [0.3, 0.4) is 0 Å².